The third kappa shape index (κ3) is 2.60. The smallest absolute Gasteiger partial charge is 0.212 e. The fraction of sp³-hybridized carbons (Fsp3) is 0.286. The van der Waals surface area contributed by atoms with Crippen LogP contribution in [0.3, 0.4) is 0 Å². The predicted octanol–water partition coefficient (Wildman–Crippen LogP) is 4.42. The molecular weight excluding hydrogens is 328 g/mol. The van der Waals surface area contributed by atoms with Crippen molar-refractivity contribution in [2.24, 2.45) is 0 Å². The van der Waals surface area contributed by atoms with Gasteiger partial charge in [0.25, 0.3) is 0 Å². The van der Waals surface area contributed by atoms with Gasteiger partial charge in [0.1, 0.15) is 5.69 Å². The van der Waals surface area contributed by atoms with E-state index in [0.717, 1.165) is 5.56 Å². The second-order valence-electron chi connectivity index (χ2n) is 4.62. The van der Waals surface area contributed by atoms with Crippen molar-refractivity contribution < 1.29 is 4.79 Å². The summed E-state index contributed by atoms with van der Waals surface area (Å²) >= 11 is 9.46. The van der Waals surface area contributed by atoms with Crippen LogP contribution in [0.5, 0.6) is 0 Å². The molecule has 0 unspecified atom stereocenters. The Balaban J connectivity index is 2.56. The zero-order valence-electron chi connectivity index (χ0n) is 10.9. The van der Waals surface area contributed by atoms with Crippen molar-refractivity contribution in [1.29, 1.82) is 0 Å². The number of carbonyl (C=O) groups is 1. The van der Waals surface area contributed by atoms with Gasteiger partial charge in [-0.25, -0.2) is 0 Å². The largest absolute Gasteiger partial charge is 0.287 e. The quantitative estimate of drug-likeness (QED) is 0.775. The second-order valence-corrected chi connectivity index (χ2v) is 5.88. The van der Waals surface area contributed by atoms with E-state index >= 15 is 0 Å². The number of hydrogen-bond acceptors (Lipinski definition) is 2. The van der Waals surface area contributed by atoms with Crippen LogP contribution in [-0.4, -0.2) is 15.6 Å². The first-order valence-corrected chi connectivity index (χ1v) is 7.13. The minimum Gasteiger partial charge on any atom is -0.287 e. The van der Waals surface area contributed by atoms with Crippen LogP contribution in [0.15, 0.2) is 28.9 Å². The fourth-order valence-electron chi connectivity index (χ4n) is 1.93. The Morgan fingerprint density at radius 2 is 2.11 bits per heavy atom. The maximum Gasteiger partial charge on any atom is 0.212 e. The van der Waals surface area contributed by atoms with E-state index in [2.05, 4.69) is 21.0 Å². The Morgan fingerprint density at radius 3 is 2.74 bits per heavy atom. The number of ketones is 1. The molecule has 100 valence electrons. The molecule has 1 aromatic carbocycles. The Morgan fingerprint density at radius 1 is 1.42 bits per heavy atom. The van der Waals surface area contributed by atoms with Crippen LogP contribution < -0.4 is 0 Å². The molecule has 0 saturated heterocycles. The number of halogens is 2. The number of carbonyl (C=O) groups excluding carboxylic acids is 1. The fourth-order valence-corrected chi connectivity index (χ4v) is 2.55. The molecule has 0 aliphatic heterocycles. The summed E-state index contributed by atoms with van der Waals surface area (Å²) in [5.41, 5.74) is 1.95. The van der Waals surface area contributed by atoms with Crippen LogP contribution in [0.25, 0.3) is 0 Å². The average molecular weight is 342 g/mol. The minimum absolute atomic E-state index is 0.0712. The first kappa shape index (κ1) is 14.3. The maximum absolute atomic E-state index is 12.7. The van der Waals surface area contributed by atoms with Crippen molar-refractivity contribution in [3.8, 4) is 0 Å². The van der Waals surface area contributed by atoms with Crippen LogP contribution >= 0.6 is 27.5 Å². The molecule has 1 heterocycles. The molecule has 0 aliphatic rings. The molecule has 0 spiro atoms. The molecule has 5 heteroatoms. The number of rotatable bonds is 3. The first-order valence-electron chi connectivity index (χ1n) is 5.96. The van der Waals surface area contributed by atoms with E-state index in [9.17, 15) is 4.79 Å². The lowest BCUT2D eigenvalue weighted by Gasteiger charge is -2.12. The van der Waals surface area contributed by atoms with Gasteiger partial charge in [-0.05, 0) is 48.3 Å². The van der Waals surface area contributed by atoms with Gasteiger partial charge in [-0.1, -0.05) is 23.7 Å². The van der Waals surface area contributed by atoms with Gasteiger partial charge in [0.05, 0.1) is 10.7 Å². The van der Waals surface area contributed by atoms with Gasteiger partial charge in [-0.3, -0.25) is 9.48 Å². The molecule has 0 amide bonds. The van der Waals surface area contributed by atoms with Gasteiger partial charge >= 0.3 is 0 Å². The van der Waals surface area contributed by atoms with Crippen LogP contribution in [0, 0.1) is 6.92 Å². The lowest BCUT2D eigenvalue weighted by Crippen LogP contribution is -2.14. The molecule has 3 nitrogen and oxygen atoms in total. The van der Waals surface area contributed by atoms with Crippen LogP contribution in [0.1, 0.15) is 41.5 Å². The minimum atomic E-state index is -0.0712. The molecule has 0 radical (unpaired) electrons. The monoisotopic (exact) mass is 340 g/mol. The van der Waals surface area contributed by atoms with E-state index in [4.69, 9.17) is 11.6 Å². The van der Waals surface area contributed by atoms with Crippen molar-refractivity contribution in [2.75, 3.05) is 0 Å². The Labute approximate surface area is 125 Å². The van der Waals surface area contributed by atoms with Crippen LogP contribution in [-0.2, 0) is 0 Å². The molecule has 0 atom stereocenters. The highest BCUT2D eigenvalue weighted by atomic mass is 79.9. The lowest BCUT2D eigenvalue weighted by atomic mass is 10.0. The predicted molar refractivity (Wildman–Crippen MR) is 79.9 cm³/mol. The SMILES string of the molecule is Cc1c(Cl)cccc1C(=O)c1c(Br)cnn1C(C)C. The van der Waals surface area contributed by atoms with E-state index in [-0.39, 0.29) is 11.8 Å². The topological polar surface area (TPSA) is 34.9 Å². The summed E-state index contributed by atoms with van der Waals surface area (Å²) in [7, 11) is 0. The van der Waals surface area contributed by atoms with Gasteiger partial charge in [0, 0.05) is 16.6 Å². The van der Waals surface area contributed by atoms with Crippen LogP contribution in [0.4, 0.5) is 0 Å². The maximum atomic E-state index is 12.7. The molecule has 2 rings (SSSR count). The average Bonchev–Trinajstić information content (AvgIpc) is 2.74. The van der Waals surface area contributed by atoms with Gasteiger partial charge in [-0.15, -0.1) is 0 Å². The highest BCUT2D eigenvalue weighted by Crippen LogP contribution is 2.26. The van der Waals surface area contributed by atoms with Crippen molar-refractivity contribution in [3.05, 3.63) is 50.7 Å². The van der Waals surface area contributed by atoms with Crippen molar-refractivity contribution in [3.63, 3.8) is 0 Å². The zero-order chi connectivity index (χ0) is 14.2. The summed E-state index contributed by atoms with van der Waals surface area (Å²) in [6.07, 6.45) is 1.65. The summed E-state index contributed by atoms with van der Waals surface area (Å²) in [5.74, 6) is -0.0712. The van der Waals surface area contributed by atoms with Gasteiger partial charge in [0.2, 0.25) is 5.78 Å². The van der Waals surface area contributed by atoms with E-state index in [0.29, 0.717) is 20.8 Å². The highest BCUT2D eigenvalue weighted by molar-refractivity contribution is 9.10. The van der Waals surface area contributed by atoms with Crippen molar-refractivity contribution in [2.45, 2.75) is 26.8 Å². The molecule has 0 aliphatic carbocycles. The van der Waals surface area contributed by atoms with E-state index in [1.807, 2.05) is 20.8 Å². The summed E-state index contributed by atoms with van der Waals surface area (Å²) in [6, 6.07) is 5.47. The number of aromatic nitrogens is 2. The summed E-state index contributed by atoms with van der Waals surface area (Å²) < 4.78 is 2.41. The summed E-state index contributed by atoms with van der Waals surface area (Å²) in [6.45, 7) is 5.82. The van der Waals surface area contributed by atoms with Crippen molar-refractivity contribution >= 4 is 33.3 Å². The Kier molecular flexibility index (Phi) is 4.11. The summed E-state index contributed by atoms with van der Waals surface area (Å²) in [5, 5.41) is 4.82. The molecule has 19 heavy (non-hydrogen) atoms. The second kappa shape index (κ2) is 5.47. The van der Waals surface area contributed by atoms with Gasteiger partial charge < -0.3 is 0 Å². The Bertz CT molecular complexity index is 634. The van der Waals surface area contributed by atoms with E-state index in [1.54, 1.807) is 29.1 Å². The Hall–Kier alpha value is -1.13. The third-order valence-electron chi connectivity index (χ3n) is 2.97. The van der Waals surface area contributed by atoms with Crippen molar-refractivity contribution in [1.82, 2.24) is 9.78 Å². The number of nitrogens with zero attached hydrogens (tertiary/aromatic N) is 2. The normalized spacial score (nSPS) is 11.1. The van der Waals surface area contributed by atoms with Gasteiger partial charge in [0.15, 0.2) is 0 Å². The standard InChI is InChI=1S/C14H14BrClN2O/c1-8(2)18-13(11(15)7-17-18)14(19)10-5-4-6-12(16)9(10)3/h4-8H,1-3H3. The lowest BCUT2D eigenvalue weighted by molar-refractivity contribution is 0.102. The molecule has 0 bridgehead atoms. The first-order chi connectivity index (χ1) is 8.93. The van der Waals surface area contributed by atoms with E-state index < -0.39 is 0 Å². The zero-order valence-corrected chi connectivity index (χ0v) is 13.3. The van der Waals surface area contributed by atoms with Gasteiger partial charge in [-0.2, -0.15) is 5.10 Å². The molecule has 0 saturated carbocycles. The third-order valence-corrected chi connectivity index (χ3v) is 3.96. The molecule has 0 N–H and O–H groups in total. The molecule has 0 fully saturated rings. The molecule has 2 aromatic rings. The highest BCUT2D eigenvalue weighted by Gasteiger charge is 2.22. The number of benzene rings is 1. The summed E-state index contributed by atoms with van der Waals surface area (Å²) in [4.78, 5) is 12.7. The number of hydrogen-bond donors (Lipinski definition) is 0. The molecular formula is C14H14BrClN2O. The van der Waals surface area contributed by atoms with Crippen LogP contribution in [0.2, 0.25) is 5.02 Å². The molecule has 1 aromatic heterocycles. The van der Waals surface area contributed by atoms with E-state index in [1.165, 1.54) is 0 Å².